The first-order valence-corrected chi connectivity index (χ1v) is 10.8. The van der Waals surface area contributed by atoms with Crippen LogP contribution < -0.4 is 5.32 Å². The van der Waals surface area contributed by atoms with Gasteiger partial charge in [-0.25, -0.2) is 4.98 Å². The van der Waals surface area contributed by atoms with Gasteiger partial charge in [0.1, 0.15) is 6.26 Å². The molecule has 0 unspecified atom stereocenters. The maximum Gasteiger partial charge on any atom is 0.273 e. The number of hydrogen-bond acceptors (Lipinski definition) is 5. The van der Waals surface area contributed by atoms with E-state index in [2.05, 4.69) is 57.4 Å². The van der Waals surface area contributed by atoms with Crippen LogP contribution in [0.5, 0.6) is 0 Å². The van der Waals surface area contributed by atoms with E-state index < -0.39 is 0 Å². The van der Waals surface area contributed by atoms with E-state index in [-0.39, 0.29) is 5.91 Å². The second-order valence-electron chi connectivity index (χ2n) is 8.34. The van der Waals surface area contributed by atoms with Gasteiger partial charge in [0.15, 0.2) is 5.69 Å². The van der Waals surface area contributed by atoms with E-state index in [0.29, 0.717) is 24.7 Å². The van der Waals surface area contributed by atoms with E-state index >= 15 is 0 Å². The molecule has 162 valence electrons. The summed E-state index contributed by atoms with van der Waals surface area (Å²) in [5.41, 5.74) is 5.25. The van der Waals surface area contributed by atoms with Crippen LogP contribution in [0.3, 0.4) is 0 Å². The smallest absolute Gasteiger partial charge is 0.273 e. The maximum absolute atomic E-state index is 12.4. The van der Waals surface area contributed by atoms with Crippen molar-refractivity contribution in [1.82, 2.24) is 20.1 Å². The van der Waals surface area contributed by atoms with Crippen molar-refractivity contribution in [1.29, 1.82) is 0 Å². The predicted octanol–water partition coefficient (Wildman–Crippen LogP) is 3.54. The summed E-state index contributed by atoms with van der Waals surface area (Å²) in [4.78, 5) is 21.6. The van der Waals surface area contributed by atoms with Gasteiger partial charge in [0.05, 0.1) is 6.54 Å². The molecule has 0 aliphatic carbocycles. The van der Waals surface area contributed by atoms with Crippen LogP contribution in [0.25, 0.3) is 0 Å². The lowest BCUT2D eigenvalue weighted by Crippen LogP contribution is -2.45. The van der Waals surface area contributed by atoms with Gasteiger partial charge in [-0.15, -0.1) is 0 Å². The number of nitrogens with one attached hydrogen (secondary N) is 1. The van der Waals surface area contributed by atoms with Crippen molar-refractivity contribution in [2.24, 2.45) is 0 Å². The molecule has 0 bridgehead atoms. The topological polar surface area (TPSA) is 61.6 Å². The van der Waals surface area contributed by atoms with E-state index in [1.807, 2.05) is 25.1 Å². The molecule has 1 aromatic heterocycles. The summed E-state index contributed by atoms with van der Waals surface area (Å²) >= 11 is 0. The molecule has 4 rings (SSSR count). The number of amides is 1. The molecule has 1 fully saturated rings. The minimum Gasteiger partial charge on any atom is -0.447 e. The minimum atomic E-state index is -0.209. The number of rotatable bonds is 7. The van der Waals surface area contributed by atoms with Gasteiger partial charge in [-0.3, -0.25) is 14.6 Å². The Hall–Kier alpha value is -2.96. The van der Waals surface area contributed by atoms with Crippen molar-refractivity contribution in [3.05, 3.63) is 88.6 Å². The quantitative estimate of drug-likeness (QED) is 0.636. The van der Waals surface area contributed by atoms with Gasteiger partial charge in [0, 0.05) is 39.3 Å². The van der Waals surface area contributed by atoms with E-state index in [4.69, 9.17) is 4.42 Å². The molecular formula is C25H30N4O2. The van der Waals surface area contributed by atoms with Crippen LogP contribution in [0.2, 0.25) is 0 Å². The summed E-state index contributed by atoms with van der Waals surface area (Å²) in [5.74, 6) is 0.382. The summed E-state index contributed by atoms with van der Waals surface area (Å²) in [6.07, 6.45) is 1.45. The van der Waals surface area contributed by atoms with Gasteiger partial charge in [0.25, 0.3) is 5.91 Å². The van der Waals surface area contributed by atoms with Gasteiger partial charge >= 0.3 is 0 Å². The largest absolute Gasteiger partial charge is 0.447 e. The molecule has 0 saturated carbocycles. The predicted molar refractivity (Wildman–Crippen MR) is 121 cm³/mol. The fraction of sp³-hybridized carbons (Fsp3) is 0.360. The van der Waals surface area contributed by atoms with Crippen LogP contribution >= 0.6 is 0 Å². The highest BCUT2D eigenvalue weighted by atomic mass is 16.3. The Labute approximate surface area is 183 Å². The summed E-state index contributed by atoms with van der Waals surface area (Å²) in [6.45, 7) is 10.2. The first-order chi connectivity index (χ1) is 15.0. The van der Waals surface area contributed by atoms with Crippen molar-refractivity contribution in [2.45, 2.75) is 33.5 Å². The van der Waals surface area contributed by atoms with Crippen molar-refractivity contribution in [2.75, 3.05) is 26.2 Å². The molecule has 0 atom stereocenters. The Kier molecular flexibility index (Phi) is 6.79. The van der Waals surface area contributed by atoms with Crippen LogP contribution in [-0.4, -0.2) is 46.9 Å². The molecule has 6 heteroatoms. The zero-order valence-corrected chi connectivity index (χ0v) is 18.3. The first kappa shape index (κ1) is 21.3. The third-order valence-electron chi connectivity index (χ3n) is 5.63. The molecule has 1 aliphatic rings. The van der Waals surface area contributed by atoms with E-state index in [1.54, 1.807) is 0 Å². The van der Waals surface area contributed by atoms with Crippen LogP contribution in [0.4, 0.5) is 0 Å². The summed E-state index contributed by atoms with van der Waals surface area (Å²) < 4.78 is 5.57. The number of carbonyl (C=O) groups excluding carboxylic acids is 1. The minimum absolute atomic E-state index is 0.209. The SMILES string of the molecule is Cc1cccc(CNC(=O)c2coc(CN3CCN(Cc4cccc(C)c4)CC3)n2)c1. The number of benzene rings is 2. The van der Waals surface area contributed by atoms with Crippen molar-refractivity contribution in [3.63, 3.8) is 0 Å². The van der Waals surface area contributed by atoms with Gasteiger partial charge in [-0.2, -0.15) is 0 Å². The lowest BCUT2D eigenvalue weighted by atomic mass is 10.1. The van der Waals surface area contributed by atoms with Gasteiger partial charge in [-0.1, -0.05) is 59.7 Å². The normalized spacial score (nSPS) is 15.2. The van der Waals surface area contributed by atoms with E-state index in [0.717, 1.165) is 38.3 Å². The number of oxazole rings is 1. The third kappa shape index (κ3) is 6.03. The fourth-order valence-corrected chi connectivity index (χ4v) is 3.95. The van der Waals surface area contributed by atoms with Gasteiger partial charge in [-0.05, 0) is 25.0 Å². The lowest BCUT2D eigenvalue weighted by Gasteiger charge is -2.34. The number of aryl methyl sites for hydroxylation is 2. The average Bonchev–Trinajstić information content (AvgIpc) is 3.22. The lowest BCUT2D eigenvalue weighted by molar-refractivity contribution is 0.0945. The summed E-state index contributed by atoms with van der Waals surface area (Å²) in [5, 5.41) is 2.91. The molecule has 1 amide bonds. The van der Waals surface area contributed by atoms with Gasteiger partial charge in [0.2, 0.25) is 5.89 Å². The van der Waals surface area contributed by atoms with Crippen molar-refractivity contribution in [3.8, 4) is 0 Å². The Morgan fingerprint density at radius 3 is 2.23 bits per heavy atom. The highest BCUT2D eigenvalue weighted by Gasteiger charge is 2.20. The molecule has 1 saturated heterocycles. The van der Waals surface area contributed by atoms with E-state index in [1.165, 1.54) is 23.0 Å². The molecule has 2 heterocycles. The molecule has 0 radical (unpaired) electrons. The van der Waals surface area contributed by atoms with Crippen molar-refractivity contribution < 1.29 is 9.21 Å². The van der Waals surface area contributed by atoms with Crippen LogP contribution in [0.15, 0.2) is 59.2 Å². The number of hydrogen-bond donors (Lipinski definition) is 1. The molecular weight excluding hydrogens is 388 g/mol. The van der Waals surface area contributed by atoms with Crippen molar-refractivity contribution >= 4 is 5.91 Å². The number of piperazine rings is 1. The van der Waals surface area contributed by atoms with Crippen LogP contribution in [0, 0.1) is 13.8 Å². The van der Waals surface area contributed by atoms with Crippen LogP contribution in [0.1, 0.15) is 38.6 Å². The van der Waals surface area contributed by atoms with Crippen LogP contribution in [-0.2, 0) is 19.6 Å². The Morgan fingerprint density at radius 1 is 0.935 bits per heavy atom. The third-order valence-corrected chi connectivity index (χ3v) is 5.63. The monoisotopic (exact) mass is 418 g/mol. The number of aromatic nitrogens is 1. The molecule has 3 aromatic rings. The molecule has 2 aromatic carbocycles. The summed E-state index contributed by atoms with van der Waals surface area (Å²) in [6, 6.07) is 16.8. The Bertz CT molecular complexity index is 1020. The number of nitrogens with zero attached hydrogens (tertiary/aromatic N) is 3. The zero-order valence-electron chi connectivity index (χ0n) is 18.3. The fourth-order valence-electron chi connectivity index (χ4n) is 3.95. The average molecular weight is 419 g/mol. The Balaban J connectivity index is 1.23. The first-order valence-electron chi connectivity index (χ1n) is 10.8. The molecule has 31 heavy (non-hydrogen) atoms. The standard InChI is InChI=1S/C25H30N4O2/c1-19-5-3-7-21(13-19)15-26-25(30)23-18-31-24(27-23)17-29-11-9-28(10-12-29)16-22-8-4-6-20(2)14-22/h3-8,13-14,18H,9-12,15-17H2,1-2H3,(H,26,30). The molecule has 0 spiro atoms. The summed E-state index contributed by atoms with van der Waals surface area (Å²) in [7, 11) is 0. The Morgan fingerprint density at radius 2 is 1.55 bits per heavy atom. The van der Waals surface area contributed by atoms with Gasteiger partial charge < -0.3 is 9.73 Å². The van der Waals surface area contributed by atoms with E-state index in [9.17, 15) is 4.79 Å². The number of carbonyl (C=O) groups is 1. The second kappa shape index (κ2) is 9.90. The molecule has 1 aliphatic heterocycles. The zero-order chi connectivity index (χ0) is 21.6. The maximum atomic E-state index is 12.4. The highest BCUT2D eigenvalue weighted by Crippen LogP contribution is 2.13. The molecule has 1 N–H and O–H groups in total. The molecule has 6 nitrogen and oxygen atoms in total. The highest BCUT2D eigenvalue weighted by molar-refractivity contribution is 5.91. The second-order valence-corrected chi connectivity index (χ2v) is 8.34.